The molecule has 2 heterocycles. The molecule has 1 aromatic rings. The highest BCUT2D eigenvalue weighted by molar-refractivity contribution is 7.14. The Bertz CT molecular complexity index is 438. The van der Waals surface area contributed by atoms with Crippen molar-refractivity contribution in [2.75, 3.05) is 26.8 Å². The van der Waals surface area contributed by atoms with E-state index in [4.69, 9.17) is 4.74 Å². The lowest BCUT2D eigenvalue weighted by molar-refractivity contribution is -0.0733. The smallest absolute Gasteiger partial charge is 0.263 e. The third kappa shape index (κ3) is 3.55. The molecule has 1 N–H and O–H groups in total. The lowest BCUT2D eigenvalue weighted by atomic mass is 9.94. The lowest BCUT2D eigenvalue weighted by Gasteiger charge is -2.35. The molecule has 19 heavy (non-hydrogen) atoms. The second-order valence-corrected chi connectivity index (χ2v) is 6.29. The van der Waals surface area contributed by atoms with Gasteiger partial charge in [-0.05, 0) is 18.6 Å². The molecule has 5 heteroatoms. The van der Waals surface area contributed by atoms with E-state index in [2.05, 4.69) is 6.92 Å². The van der Waals surface area contributed by atoms with E-state index < -0.39 is 5.60 Å². The maximum atomic E-state index is 12.3. The highest BCUT2D eigenvalue weighted by atomic mass is 32.1. The summed E-state index contributed by atoms with van der Waals surface area (Å²) in [7, 11) is 1.75. The summed E-state index contributed by atoms with van der Waals surface area (Å²) in [6.45, 7) is 3.58. The van der Waals surface area contributed by atoms with Gasteiger partial charge in [0.2, 0.25) is 0 Å². The number of thiophene rings is 1. The van der Waals surface area contributed by atoms with E-state index in [1.54, 1.807) is 11.9 Å². The van der Waals surface area contributed by atoms with Crippen LogP contribution in [0.25, 0.3) is 0 Å². The highest BCUT2D eigenvalue weighted by Gasteiger charge is 2.32. The van der Waals surface area contributed by atoms with Crippen LogP contribution in [0.1, 0.15) is 34.3 Å². The molecule has 1 aliphatic heterocycles. The Morgan fingerprint density at radius 2 is 2.16 bits per heavy atom. The summed E-state index contributed by atoms with van der Waals surface area (Å²) in [4.78, 5) is 15.9. The monoisotopic (exact) mass is 283 g/mol. The molecular weight excluding hydrogens is 262 g/mol. The van der Waals surface area contributed by atoms with Crippen molar-refractivity contribution in [2.45, 2.75) is 31.8 Å². The van der Waals surface area contributed by atoms with Gasteiger partial charge in [0.05, 0.1) is 10.5 Å². The maximum Gasteiger partial charge on any atom is 0.263 e. The van der Waals surface area contributed by atoms with Crippen LogP contribution in [0.5, 0.6) is 0 Å². The van der Waals surface area contributed by atoms with Crippen LogP contribution >= 0.6 is 11.3 Å². The number of hydrogen-bond acceptors (Lipinski definition) is 4. The molecule has 0 atom stereocenters. The van der Waals surface area contributed by atoms with Crippen molar-refractivity contribution in [3.63, 3.8) is 0 Å². The predicted octanol–water partition coefficient (Wildman–Crippen LogP) is 1.92. The summed E-state index contributed by atoms with van der Waals surface area (Å²) < 4.78 is 5.25. The normalized spacial score (nSPS) is 18.3. The zero-order valence-corrected chi connectivity index (χ0v) is 12.3. The molecule has 1 fully saturated rings. The molecule has 0 aliphatic carbocycles. The number of likely N-dealkylation sites (N-methyl/N-ethyl adjacent to an activating group) is 1. The Kier molecular flexibility index (Phi) is 4.60. The minimum Gasteiger partial charge on any atom is -0.388 e. The first kappa shape index (κ1) is 14.5. The van der Waals surface area contributed by atoms with Gasteiger partial charge in [0.25, 0.3) is 5.91 Å². The zero-order valence-electron chi connectivity index (χ0n) is 11.5. The van der Waals surface area contributed by atoms with Gasteiger partial charge >= 0.3 is 0 Å². The molecule has 0 unspecified atom stereocenters. The number of amides is 1. The average Bonchev–Trinajstić information content (AvgIpc) is 2.86. The first-order valence-electron chi connectivity index (χ1n) is 6.68. The molecule has 0 saturated carbocycles. The number of rotatable bonds is 4. The van der Waals surface area contributed by atoms with Crippen LogP contribution in [-0.2, 0) is 11.2 Å². The summed E-state index contributed by atoms with van der Waals surface area (Å²) in [5.74, 6) is -0.00961. The fourth-order valence-electron chi connectivity index (χ4n) is 2.29. The standard InChI is InChI=1S/C14H21NO3S/c1-3-11-4-5-12(19-11)13(16)15(2)10-14(17)6-8-18-9-7-14/h4-5,17H,3,6-10H2,1-2H3. The molecule has 0 radical (unpaired) electrons. The van der Waals surface area contributed by atoms with E-state index in [1.165, 1.54) is 16.2 Å². The first-order chi connectivity index (χ1) is 9.04. The molecule has 1 saturated heterocycles. The fourth-order valence-corrected chi connectivity index (χ4v) is 3.24. The predicted molar refractivity (Wildman–Crippen MR) is 75.7 cm³/mol. The molecule has 0 bridgehead atoms. The summed E-state index contributed by atoms with van der Waals surface area (Å²) in [5.41, 5.74) is -0.798. The van der Waals surface area contributed by atoms with Crippen molar-refractivity contribution in [3.05, 3.63) is 21.9 Å². The Morgan fingerprint density at radius 3 is 2.74 bits per heavy atom. The quantitative estimate of drug-likeness (QED) is 0.918. The van der Waals surface area contributed by atoms with Crippen molar-refractivity contribution < 1.29 is 14.6 Å². The van der Waals surface area contributed by atoms with Crippen LogP contribution in [-0.4, -0.2) is 48.3 Å². The number of ether oxygens (including phenoxy) is 1. The second-order valence-electron chi connectivity index (χ2n) is 5.12. The zero-order chi connectivity index (χ0) is 13.9. The Balaban J connectivity index is 1.98. The molecule has 0 aromatic carbocycles. The van der Waals surface area contributed by atoms with E-state index in [1.807, 2.05) is 12.1 Å². The molecule has 0 spiro atoms. The van der Waals surface area contributed by atoms with Crippen LogP contribution in [0.3, 0.4) is 0 Å². The van der Waals surface area contributed by atoms with Crippen LogP contribution in [0.4, 0.5) is 0 Å². The third-order valence-corrected chi connectivity index (χ3v) is 4.74. The molecule has 1 amide bonds. The van der Waals surface area contributed by atoms with Gasteiger partial charge in [0.15, 0.2) is 0 Å². The van der Waals surface area contributed by atoms with Gasteiger partial charge in [0.1, 0.15) is 0 Å². The topological polar surface area (TPSA) is 49.8 Å². The van der Waals surface area contributed by atoms with E-state index in [0.29, 0.717) is 32.6 Å². The summed E-state index contributed by atoms with van der Waals surface area (Å²) in [5, 5.41) is 10.4. The number of carbonyl (C=O) groups excluding carboxylic acids is 1. The minimum absolute atomic E-state index is 0.00961. The number of carbonyl (C=O) groups is 1. The summed E-state index contributed by atoms with van der Waals surface area (Å²) >= 11 is 1.53. The molecule has 1 aliphatic rings. The van der Waals surface area contributed by atoms with Gasteiger partial charge in [-0.1, -0.05) is 6.92 Å². The molecule has 2 rings (SSSR count). The molecule has 1 aromatic heterocycles. The van der Waals surface area contributed by atoms with E-state index in [9.17, 15) is 9.90 Å². The number of aryl methyl sites for hydroxylation is 1. The third-order valence-electron chi connectivity index (χ3n) is 3.52. The van der Waals surface area contributed by atoms with Crippen molar-refractivity contribution in [3.8, 4) is 0 Å². The van der Waals surface area contributed by atoms with Gasteiger partial charge in [0, 0.05) is 44.5 Å². The van der Waals surface area contributed by atoms with Crippen molar-refractivity contribution >= 4 is 17.2 Å². The maximum absolute atomic E-state index is 12.3. The van der Waals surface area contributed by atoms with Crippen LogP contribution < -0.4 is 0 Å². The Morgan fingerprint density at radius 1 is 1.47 bits per heavy atom. The van der Waals surface area contributed by atoms with Gasteiger partial charge in [-0.2, -0.15) is 0 Å². The SMILES string of the molecule is CCc1ccc(C(=O)N(C)CC2(O)CCOCC2)s1. The van der Waals surface area contributed by atoms with Crippen molar-refractivity contribution in [2.24, 2.45) is 0 Å². The van der Waals surface area contributed by atoms with E-state index >= 15 is 0 Å². The average molecular weight is 283 g/mol. The largest absolute Gasteiger partial charge is 0.388 e. The van der Waals surface area contributed by atoms with Crippen LogP contribution in [0.15, 0.2) is 12.1 Å². The molecular formula is C14H21NO3S. The minimum atomic E-state index is -0.798. The van der Waals surface area contributed by atoms with Crippen molar-refractivity contribution in [1.82, 2.24) is 4.90 Å². The second kappa shape index (κ2) is 6.03. The van der Waals surface area contributed by atoms with Crippen LogP contribution in [0, 0.1) is 0 Å². The Hall–Kier alpha value is -0.910. The first-order valence-corrected chi connectivity index (χ1v) is 7.50. The van der Waals surface area contributed by atoms with Gasteiger partial charge < -0.3 is 14.7 Å². The Labute approximate surface area is 118 Å². The van der Waals surface area contributed by atoms with Crippen LogP contribution in [0.2, 0.25) is 0 Å². The highest BCUT2D eigenvalue weighted by Crippen LogP contribution is 2.23. The molecule has 106 valence electrons. The van der Waals surface area contributed by atoms with Gasteiger partial charge in [-0.3, -0.25) is 4.79 Å². The van der Waals surface area contributed by atoms with E-state index in [-0.39, 0.29) is 5.91 Å². The molecule has 4 nitrogen and oxygen atoms in total. The van der Waals surface area contributed by atoms with Crippen molar-refractivity contribution in [1.29, 1.82) is 0 Å². The van der Waals surface area contributed by atoms with Gasteiger partial charge in [-0.15, -0.1) is 11.3 Å². The summed E-state index contributed by atoms with van der Waals surface area (Å²) in [6.07, 6.45) is 2.13. The fraction of sp³-hybridized carbons (Fsp3) is 0.643. The van der Waals surface area contributed by atoms with Gasteiger partial charge in [-0.25, -0.2) is 0 Å². The van der Waals surface area contributed by atoms with E-state index in [0.717, 1.165) is 11.3 Å². The summed E-state index contributed by atoms with van der Waals surface area (Å²) in [6, 6.07) is 3.87. The lowest BCUT2D eigenvalue weighted by Crippen LogP contribution is -2.47. The number of nitrogens with zero attached hydrogens (tertiary/aromatic N) is 1. The number of hydrogen-bond donors (Lipinski definition) is 1. The number of aliphatic hydroxyl groups is 1.